The molecule has 0 saturated carbocycles. The van der Waals surface area contributed by atoms with Crippen molar-refractivity contribution in [3.05, 3.63) is 36.5 Å². The fourth-order valence-electron chi connectivity index (χ4n) is 8.49. The molecule has 0 fully saturated rings. The van der Waals surface area contributed by atoms with Gasteiger partial charge in [0.2, 0.25) is 0 Å². The Balaban J connectivity index is 4.69. The Kier molecular flexibility index (Phi) is 51.4. The van der Waals surface area contributed by atoms with E-state index in [0.717, 1.165) is 109 Å². The molecule has 69 heavy (non-hydrogen) atoms. The van der Waals surface area contributed by atoms with E-state index in [0.29, 0.717) is 19.3 Å². The minimum atomic E-state index is -1.81. The van der Waals surface area contributed by atoms with Gasteiger partial charge in [-0.05, 0) is 96.3 Å². The number of carbonyl (C=O) groups excluding carboxylic acids is 3. The molecule has 0 bridgehead atoms. The molecule has 0 rings (SSSR count). The number of hydrogen-bond donors (Lipinski definition) is 3. The van der Waals surface area contributed by atoms with Crippen LogP contribution >= 0.6 is 0 Å². The number of aliphatic hydroxyl groups excluding tert-OH is 3. The molecule has 0 aromatic rings. The third-order valence-corrected chi connectivity index (χ3v) is 13.2. The summed E-state index contributed by atoms with van der Waals surface area (Å²) >= 11 is 0. The highest BCUT2D eigenvalue weighted by molar-refractivity contribution is 5.70. The molecular weight excluding hydrogens is 865 g/mol. The first-order valence-electron chi connectivity index (χ1n) is 29.3. The van der Waals surface area contributed by atoms with Gasteiger partial charge in [-0.25, -0.2) is 0 Å². The Hall–Kier alpha value is -2.49. The van der Waals surface area contributed by atoms with E-state index < -0.39 is 55.5 Å². The monoisotopic (exact) mass is 975 g/mol. The Morgan fingerprint density at radius 3 is 0.913 bits per heavy atom. The van der Waals surface area contributed by atoms with Crippen LogP contribution in [0.1, 0.15) is 290 Å². The van der Waals surface area contributed by atoms with Crippen molar-refractivity contribution in [3.63, 3.8) is 0 Å². The number of ether oxygens (including phenoxy) is 3. The van der Waals surface area contributed by atoms with Crippen molar-refractivity contribution < 1.29 is 43.9 Å². The first-order valence-corrected chi connectivity index (χ1v) is 29.3. The van der Waals surface area contributed by atoms with E-state index in [1.807, 2.05) is 0 Å². The predicted molar refractivity (Wildman–Crippen MR) is 288 cm³/mol. The van der Waals surface area contributed by atoms with E-state index in [4.69, 9.17) is 14.2 Å². The second kappa shape index (κ2) is 53.3. The number of aliphatic hydroxyl groups is 3. The summed E-state index contributed by atoms with van der Waals surface area (Å²) in [6.07, 6.45) is 52.5. The molecule has 3 N–H and O–H groups in total. The molecule has 0 radical (unpaired) electrons. The molecule has 0 aliphatic heterocycles. The van der Waals surface area contributed by atoms with Crippen LogP contribution in [0.2, 0.25) is 0 Å². The maximum atomic E-state index is 13.0. The second-order valence-electron chi connectivity index (χ2n) is 19.9. The summed E-state index contributed by atoms with van der Waals surface area (Å²) < 4.78 is 16.3. The van der Waals surface area contributed by atoms with Crippen LogP contribution in [-0.2, 0) is 28.6 Å². The summed E-state index contributed by atoms with van der Waals surface area (Å²) in [4.78, 5) is 38.1. The molecule has 9 heteroatoms. The molecule has 404 valence electrons. The van der Waals surface area contributed by atoms with Crippen LogP contribution in [0.25, 0.3) is 0 Å². The smallest absolute Gasteiger partial charge is 0.306 e. The molecule has 0 aliphatic rings. The second-order valence-corrected chi connectivity index (χ2v) is 19.9. The first kappa shape index (κ1) is 66.5. The van der Waals surface area contributed by atoms with Gasteiger partial charge >= 0.3 is 17.9 Å². The lowest BCUT2D eigenvalue weighted by atomic mass is 10.0. The van der Waals surface area contributed by atoms with Gasteiger partial charge in [-0.15, -0.1) is 0 Å². The average Bonchev–Trinajstić information content (AvgIpc) is 3.35. The fourth-order valence-corrected chi connectivity index (χ4v) is 8.49. The summed E-state index contributed by atoms with van der Waals surface area (Å²) in [5, 5.41) is 32.7. The molecule has 0 aromatic carbocycles. The van der Waals surface area contributed by atoms with Gasteiger partial charge in [-0.2, -0.15) is 0 Å². The molecule has 0 spiro atoms. The third kappa shape index (κ3) is 47.6. The first-order chi connectivity index (χ1) is 33.8. The Labute approximate surface area is 424 Å². The van der Waals surface area contributed by atoms with Crippen molar-refractivity contribution in [2.45, 2.75) is 315 Å². The standard InChI is InChI=1S/C60H110O9/c1-4-7-10-13-16-19-22-25-28-31-34-37-40-43-46-49-56(62)67-52-54(61)59(65)60(66)55(69-58(64)51-48-45-42-39-36-33-30-27-24-21-18-15-12-9-6-3)53-68-57(63)50-47-44-41-38-35-32-29-26-23-20-17-14-11-8-5-2/h25-30,54-55,59-61,65-66H,4-24,31-53H2,1-3H3/b28-25-,29-26-,30-27-/t54-,55+,59+,60+/m0/s1. The number of unbranched alkanes of at least 4 members (excludes halogenated alkanes) is 33. The van der Waals surface area contributed by atoms with Gasteiger partial charge in [-0.3, -0.25) is 14.4 Å². The number of carbonyl (C=O) groups is 3. The van der Waals surface area contributed by atoms with Crippen LogP contribution in [0.5, 0.6) is 0 Å². The van der Waals surface area contributed by atoms with E-state index in [1.54, 1.807) is 0 Å². The molecule has 9 nitrogen and oxygen atoms in total. The number of hydrogen-bond acceptors (Lipinski definition) is 9. The van der Waals surface area contributed by atoms with E-state index in [1.165, 1.54) is 122 Å². The fraction of sp³-hybridized carbons (Fsp3) is 0.850. The van der Waals surface area contributed by atoms with Gasteiger partial charge in [-0.1, -0.05) is 211 Å². The normalized spacial score (nSPS) is 13.7. The van der Waals surface area contributed by atoms with Crippen molar-refractivity contribution in [1.29, 1.82) is 0 Å². The number of allylic oxidation sites excluding steroid dienone is 6. The van der Waals surface area contributed by atoms with Gasteiger partial charge in [0.15, 0.2) is 6.10 Å². The van der Waals surface area contributed by atoms with Crippen molar-refractivity contribution >= 4 is 17.9 Å². The van der Waals surface area contributed by atoms with Crippen molar-refractivity contribution in [3.8, 4) is 0 Å². The quantitative estimate of drug-likeness (QED) is 0.0235. The summed E-state index contributed by atoms with van der Waals surface area (Å²) in [7, 11) is 0. The largest absolute Gasteiger partial charge is 0.463 e. The topological polar surface area (TPSA) is 140 Å². The van der Waals surface area contributed by atoms with Crippen LogP contribution in [0, 0.1) is 0 Å². The van der Waals surface area contributed by atoms with Crippen LogP contribution in [0.15, 0.2) is 36.5 Å². The van der Waals surface area contributed by atoms with Gasteiger partial charge in [0.25, 0.3) is 0 Å². The van der Waals surface area contributed by atoms with E-state index in [-0.39, 0.29) is 19.3 Å². The summed E-state index contributed by atoms with van der Waals surface area (Å²) in [5.74, 6) is -1.53. The predicted octanol–water partition coefficient (Wildman–Crippen LogP) is 16.2. The van der Waals surface area contributed by atoms with E-state index >= 15 is 0 Å². The van der Waals surface area contributed by atoms with Crippen LogP contribution in [0.3, 0.4) is 0 Å². The van der Waals surface area contributed by atoms with Crippen molar-refractivity contribution in [2.24, 2.45) is 0 Å². The van der Waals surface area contributed by atoms with Crippen LogP contribution in [0.4, 0.5) is 0 Å². The third-order valence-electron chi connectivity index (χ3n) is 13.2. The average molecular weight is 976 g/mol. The molecule has 0 aliphatic carbocycles. The molecule has 0 heterocycles. The van der Waals surface area contributed by atoms with Gasteiger partial charge in [0.1, 0.15) is 31.5 Å². The molecule has 0 saturated heterocycles. The van der Waals surface area contributed by atoms with Crippen molar-refractivity contribution in [1.82, 2.24) is 0 Å². The Morgan fingerprint density at radius 2 is 0.594 bits per heavy atom. The minimum Gasteiger partial charge on any atom is -0.463 e. The SMILES string of the molecule is CCCCCCCC/C=C\CCCCCCCC(=O)OC[C@H](O)[C@@H](O)[C@H](O)[C@@H](COC(=O)CCCCCCC/C=C\CCCCCCCC)OC(=O)CCCCCCC/C=C\CCCCCCCC. The van der Waals surface area contributed by atoms with E-state index in [2.05, 4.69) is 57.2 Å². The highest BCUT2D eigenvalue weighted by atomic mass is 16.6. The Bertz CT molecular complexity index is 1210. The lowest BCUT2D eigenvalue weighted by molar-refractivity contribution is -0.180. The van der Waals surface area contributed by atoms with Crippen molar-refractivity contribution in [2.75, 3.05) is 13.2 Å². The Morgan fingerprint density at radius 1 is 0.333 bits per heavy atom. The molecule has 0 amide bonds. The molecular formula is C60H110O9. The zero-order chi connectivity index (χ0) is 50.5. The van der Waals surface area contributed by atoms with Gasteiger partial charge in [0, 0.05) is 19.3 Å². The minimum absolute atomic E-state index is 0.122. The summed E-state index contributed by atoms with van der Waals surface area (Å²) in [6, 6.07) is 0. The summed E-state index contributed by atoms with van der Waals surface area (Å²) in [5.41, 5.74) is 0. The van der Waals surface area contributed by atoms with Gasteiger partial charge < -0.3 is 29.5 Å². The molecule has 0 unspecified atom stereocenters. The van der Waals surface area contributed by atoms with Gasteiger partial charge in [0.05, 0.1) is 0 Å². The number of esters is 3. The van der Waals surface area contributed by atoms with Crippen LogP contribution < -0.4 is 0 Å². The highest BCUT2D eigenvalue weighted by Crippen LogP contribution is 2.17. The summed E-state index contributed by atoms with van der Waals surface area (Å²) in [6.45, 7) is 5.76. The zero-order valence-corrected chi connectivity index (χ0v) is 45.2. The highest BCUT2D eigenvalue weighted by Gasteiger charge is 2.35. The maximum absolute atomic E-state index is 13.0. The molecule has 4 atom stereocenters. The van der Waals surface area contributed by atoms with E-state index in [9.17, 15) is 29.7 Å². The lowest BCUT2D eigenvalue weighted by Gasteiger charge is -2.29. The molecule has 0 aromatic heterocycles. The van der Waals surface area contributed by atoms with Crippen LogP contribution in [-0.4, -0.2) is 70.9 Å². The lowest BCUT2D eigenvalue weighted by Crippen LogP contribution is -2.49. The maximum Gasteiger partial charge on any atom is 0.306 e. The zero-order valence-electron chi connectivity index (χ0n) is 45.2. The number of rotatable bonds is 53.